The van der Waals surface area contributed by atoms with E-state index in [9.17, 15) is 9.65 Å². The summed E-state index contributed by atoms with van der Waals surface area (Å²) in [4.78, 5) is 0. The summed E-state index contributed by atoms with van der Waals surface area (Å²) in [7, 11) is 0. The highest BCUT2D eigenvalue weighted by Gasteiger charge is 2.18. The highest BCUT2D eigenvalue weighted by atomic mass is 79.9. The number of fused-ring (bicyclic) bond motifs is 1. The Labute approximate surface area is 117 Å². The lowest BCUT2D eigenvalue weighted by Crippen LogP contribution is -1.80. The monoisotopic (exact) mass is 315 g/mol. The zero-order chi connectivity index (χ0) is 13.4. The lowest BCUT2D eigenvalue weighted by molar-refractivity contribution is 0.595. The van der Waals surface area contributed by atoms with Crippen molar-refractivity contribution >= 4 is 26.9 Å². The quantitative estimate of drug-likeness (QED) is 0.642. The van der Waals surface area contributed by atoms with Crippen LogP contribution in [0.15, 0.2) is 51.4 Å². The first-order chi connectivity index (χ1) is 9.20. The Hall–Kier alpha value is -2.12. The van der Waals surface area contributed by atoms with Crippen LogP contribution in [-0.2, 0) is 0 Å². The molecule has 0 saturated carbocycles. The summed E-state index contributed by atoms with van der Waals surface area (Å²) in [6, 6.07) is 14.1. The Morgan fingerprint density at radius 3 is 2.58 bits per heavy atom. The van der Waals surface area contributed by atoms with Crippen LogP contribution >= 0.6 is 15.9 Å². The fourth-order valence-corrected chi connectivity index (χ4v) is 2.61. The molecule has 0 unspecified atom stereocenters. The Kier molecular flexibility index (Phi) is 2.84. The summed E-state index contributed by atoms with van der Waals surface area (Å²) >= 11 is 3.25. The van der Waals surface area contributed by atoms with Crippen molar-refractivity contribution in [2.45, 2.75) is 0 Å². The second-order valence-corrected chi connectivity index (χ2v) is 4.90. The van der Waals surface area contributed by atoms with Gasteiger partial charge in [0.25, 0.3) is 0 Å². The largest absolute Gasteiger partial charge is 0.444 e. The first kappa shape index (κ1) is 11.9. The summed E-state index contributed by atoms with van der Waals surface area (Å²) in [6.45, 7) is 0. The second kappa shape index (κ2) is 4.52. The molecule has 92 valence electrons. The van der Waals surface area contributed by atoms with Gasteiger partial charge in [-0.3, -0.25) is 0 Å². The van der Waals surface area contributed by atoms with Crippen molar-refractivity contribution in [3.05, 3.63) is 58.5 Å². The average Bonchev–Trinajstić information content (AvgIpc) is 2.78. The molecule has 0 radical (unpaired) electrons. The second-order valence-electron chi connectivity index (χ2n) is 4.05. The Bertz CT molecular complexity index is 802. The molecule has 0 N–H and O–H groups in total. The van der Waals surface area contributed by atoms with Gasteiger partial charge in [0.05, 0.1) is 4.47 Å². The van der Waals surface area contributed by atoms with Crippen molar-refractivity contribution in [1.82, 2.24) is 0 Å². The van der Waals surface area contributed by atoms with Crippen LogP contribution in [0.25, 0.3) is 22.1 Å². The van der Waals surface area contributed by atoms with E-state index in [1.807, 2.05) is 36.4 Å². The molecule has 1 aromatic heterocycles. The van der Waals surface area contributed by atoms with E-state index in [-0.39, 0.29) is 11.6 Å². The molecule has 2 aromatic carbocycles. The normalized spacial score (nSPS) is 10.6. The standard InChI is InChI=1S/C15H7BrFNO/c16-12-7-10(17)6-11-14(9-4-2-1-3-5-9)13(8-18)19-15(11)12/h1-7H. The fraction of sp³-hybridized carbons (Fsp3) is 0. The van der Waals surface area contributed by atoms with Crippen molar-refractivity contribution in [2.75, 3.05) is 0 Å². The molecule has 4 heteroatoms. The minimum Gasteiger partial charge on any atom is -0.444 e. The number of nitriles is 1. The Morgan fingerprint density at radius 2 is 1.89 bits per heavy atom. The van der Waals surface area contributed by atoms with Gasteiger partial charge >= 0.3 is 0 Å². The lowest BCUT2D eigenvalue weighted by Gasteiger charge is -1.99. The molecule has 0 aliphatic rings. The minimum atomic E-state index is -0.373. The molecule has 1 heterocycles. The molecular weight excluding hydrogens is 309 g/mol. The molecule has 0 aliphatic heterocycles. The van der Waals surface area contributed by atoms with E-state index in [4.69, 9.17) is 4.42 Å². The van der Waals surface area contributed by atoms with E-state index in [0.717, 1.165) is 5.56 Å². The lowest BCUT2D eigenvalue weighted by atomic mass is 10.0. The molecule has 0 amide bonds. The number of benzene rings is 2. The number of halogens is 2. The van der Waals surface area contributed by atoms with Crippen LogP contribution in [-0.4, -0.2) is 0 Å². The van der Waals surface area contributed by atoms with Gasteiger partial charge in [0, 0.05) is 10.9 Å². The maximum atomic E-state index is 13.6. The Balaban J connectivity index is 2.44. The topological polar surface area (TPSA) is 36.9 Å². The van der Waals surface area contributed by atoms with Gasteiger partial charge in [-0.15, -0.1) is 0 Å². The molecule has 0 atom stereocenters. The van der Waals surface area contributed by atoms with Gasteiger partial charge in [-0.05, 0) is 33.6 Å². The van der Waals surface area contributed by atoms with Crippen LogP contribution in [0.1, 0.15) is 5.76 Å². The van der Waals surface area contributed by atoms with Crippen LogP contribution in [0.5, 0.6) is 0 Å². The van der Waals surface area contributed by atoms with Crippen LogP contribution in [0.3, 0.4) is 0 Å². The van der Waals surface area contributed by atoms with E-state index < -0.39 is 0 Å². The molecule has 0 bridgehead atoms. The first-order valence-corrected chi connectivity index (χ1v) is 6.37. The third kappa shape index (κ3) is 1.92. The number of hydrogen-bond acceptors (Lipinski definition) is 2. The molecular formula is C15H7BrFNO. The summed E-state index contributed by atoms with van der Waals surface area (Å²) in [5, 5.41) is 9.78. The zero-order valence-electron chi connectivity index (χ0n) is 9.65. The number of hydrogen-bond donors (Lipinski definition) is 0. The van der Waals surface area contributed by atoms with Gasteiger partial charge in [0.2, 0.25) is 5.76 Å². The molecule has 0 aliphatic carbocycles. The van der Waals surface area contributed by atoms with E-state index in [2.05, 4.69) is 15.9 Å². The smallest absolute Gasteiger partial charge is 0.212 e. The van der Waals surface area contributed by atoms with Crippen LogP contribution in [0.2, 0.25) is 0 Å². The zero-order valence-corrected chi connectivity index (χ0v) is 11.2. The first-order valence-electron chi connectivity index (χ1n) is 5.58. The summed E-state index contributed by atoms with van der Waals surface area (Å²) < 4.78 is 19.6. The molecule has 0 spiro atoms. The Morgan fingerprint density at radius 1 is 1.16 bits per heavy atom. The average molecular weight is 316 g/mol. The highest BCUT2D eigenvalue weighted by molar-refractivity contribution is 9.10. The third-order valence-electron chi connectivity index (χ3n) is 2.87. The molecule has 3 aromatic rings. The summed E-state index contributed by atoms with van der Waals surface area (Å²) in [6.07, 6.45) is 0. The predicted octanol–water partition coefficient (Wildman–Crippen LogP) is 4.87. The summed E-state index contributed by atoms with van der Waals surface area (Å²) in [5.41, 5.74) is 1.94. The van der Waals surface area contributed by atoms with E-state index in [1.165, 1.54) is 12.1 Å². The predicted molar refractivity (Wildman–Crippen MR) is 74.0 cm³/mol. The molecule has 2 nitrogen and oxygen atoms in total. The third-order valence-corrected chi connectivity index (χ3v) is 3.46. The van der Waals surface area contributed by atoms with Gasteiger partial charge < -0.3 is 4.42 Å². The fourth-order valence-electron chi connectivity index (χ4n) is 2.10. The molecule has 0 saturated heterocycles. The van der Waals surface area contributed by atoms with Crippen molar-refractivity contribution < 1.29 is 8.81 Å². The van der Waals surface area contributed by atoms with Gasteiger partial charge in [-0.1, -0.05) is 30.3 Å². The van der Waals surface area contributed by atoms with Crippen molar-refractivity contribution in [1.29, 1.82) is 5.26 Å². The SMILES string of the molecule is N#Cc1oc2c(Br)cc(F)cc2c1-c1ccccc1. The highest BCUT2D eigenvalue weighted by Crippen LogP contribution is 2.38. The molecule has 19 heavy (non-hydrogen) atoms. The van der Waals surface area contributed by atoms with E-state index >= 15 is 0 Å². The van der Waals surface area contributed by atoms with Crippen LogP contribution < -0.4 is 0 Å². The maximum Gasteiger partial charge on any atom is 0.212 e. The van der Waals surface area contributed by atoms with E-state index in [0.29, 0.717) is 21.0 Å². The van der Waals surface area contributed by atoms with Crippen molar-refractivity contribution in [3.8, 4) is 17.2 Å². The summed E-state index contributed by atoms with van der Waals surface area (Å²) in [5.74, 6) is -0.186. The van der Waals surface area contributed by atoms with Gasteiger partial charge in [0.15, 0.2) is 5.58 Å². The number of furan rings is 1. The van der Waals surface area contributed by atoms with Gasteiger partial charge in [-0.2, -0.15) is 5.26 Å². The van der Waals surface area contributed by atoms with Crippen LogP contribution in [0, 0.1) is 17.1 Å². The number of rotatable bonds is 1. The molecule has 0 fully saturated rings. The van der Waals surface area contributed by atoms with Gasteiger partial charge in [0.1, 0.15) is 11.9 Å². The van der Waals surface area contributed by atoms with Crippen LogP contribution in [0.4, 0.5) is 4.39 Å². The molecule has 3 rings (SSSR count). The van der Waals surface area contributed by atoms with Crippen molar-refractivity contribution in [2.24, 2.45) is 0 Å². The van der Waals surface area contributed by atoms with Gasteiger partial charge in [-0.25, -0.2) is 4.39 Å². The maximum absolute atomic E-state index is 13.6. The van der Waals surface area contributed by atoms with E-state index in [1.54, 1.807) is 0 Å². The van der Waals surface area contributed by atoms with Crippen molar-refractivity contribution in [3.63, 3.8) is 0 Å². The minimum absolute atomic E-state index is 0.188. The number of nitrogens with zero attached hydrogens (tertiary/aromatic N) is 1.